The van der Waals surface area contributed by atoms with Gasteiger partial charge in [-0.2, -0.15) is 10.1 Å². The minimum Gasteiger partial charge on any atom is -0.472 e. The molecule has 0 fully saturated rings. The first-order chi connectivity index (χ1) is 11.5. The van der Waals surface area contributed by atoms with Gasteiger partial charge < -0.3 is 4.74 Å². The van der Waals surface area contributed by atoms with Crippen molar-refractivity contribution in [3.63, 3.8) is 0 Å². The van der Waals surface area contributed by atoms with Crippen molar-refractivity contribution in [3.05, 3.63) is 33.0 Å². The molecule has 3 heterocycles. The van der Waals surface area contributed by atoms with Crippen LogP contribution in [0, 0.1) is 24.0 Å². The zero-order valence-electron chi connectivity index (χ0n) is 13.0. The third-order valence-electron chi connectivity index (χ3n) is 3.46. The summed E-state index contributed by atoms with van der Waals surface area (Å²) in [5, 5.41) is 22.7. The van der Waals surface area contributed by atoms with Gasteiger partial charge in [0, 0.05) is 19.2 Å². The smallest absolute Gasteiger partial charge is 0.352 e. The zero-order chi connectivity index (χ0) is 17.3. The number of nitrogens with one attached hydrogen (secondary N) is 1. The summed E-state index contributed by atoms with van der Waals surface area (Å²) in [6.45, 7) is 4.21. The fourth-order valence-electron chi connectivity index (χ4n) is 2.34. The van der Waals surface area contributed by atoms with E-state index in [1.54, 1.807) is 17.8 Å². The largest absolute Gasteiger partial charge is 0.472 e. The monoisotopic (exact) mass is 351 g/mol. The van der Waals surface area contributed by atoms with Gasteiger partial charge in [-0.05, 0) is 25.4 Å². The molecule has 0 aromatic carbocycles. The van der Waals surface area contributed by atoms with Crippen LogP contribution < -0.4 is 4.74 Å². The SMILES string of the molecule is Cc1[nH]nc(OCCCn2nc(C)c3cnc(Cl)nc32)c1[N+](=O)[O-]. The van der Waals surface area contributed by atoms with Crippen LogP contribution in [0.3, 0.4) is 0 Å². The molecule has 0 atom stereocenters. The molecule has 0 aliphatic rings. The summed E-state index contributed by atoms with van der Waals surface area (Å²) in [4.78, 5) is 18.6. The molecule has 0 bridgehead atoms. The molecule has 11 heteroatoms. The van der Waals surface area contributed by atoms with Gasteiger partial charge >= 0.3 is 11.6 Å². The molecule has 0 saturated heterocycles. The van der Waals surface area contributed by atoms with Crippen LogP contribution in [0.2, 0.25) is 5.28 Å². The third-order valence-corrected chi connectivity index (χ3v) is 3.64. The Hall–Kier alpha value is -2.75. The van der Waals surface area contributed by atoms with Gasteiger partial charge in [-0.1, -0.05) is 0 Å². The van der Waals surface area contributed by atoms with E-state index in [0.29, 0.717) is 24.3 Å². The Kier molecular flexibility index (Phi) is 4.30. The minimum absolute atomic E-state index is 0.00984. The quantitative estimate of drug-likeness (QED) is 0.312. The average molecular weight is 352 g/mol. The van der Waals surface area contributed by atoms with Crippen molar-refractivity contribution < 1.29 is 9.66 Å². The number of rotatable bonds is 6. The van der Waals surface area contributed by atoms with E-state index in [9.17, 15) is 10.1 Å². The number of nitrogens with zero attached hydrogens (tertiary/aromatic N) is 6. The first-order valence-corrected chi connectivity index (χ1v) is 7.53. The molecule has 0 aliphatic carbocycles. The third kappa shape index (κ3) is 3.00. The molecular weight excluding hydrogens is 338 g/mol. The van der Waals surface area contributed by atoms with Gasteiger partial charge in [0.05, 0.1) is 22.6 Å². The normalized spacial score (nSPS) is 11.1. The van der Waals surface area contributed by atoms with E-state index in [1.165, 1.54) is 0 Å². The second-order valence-electron chi connectivity index (χ2n) is 5.15. The lowest BCUT2D eigenvalue weighted by Crippen LogP contribution is -2.07. The molecule has 1 N–H and O–H groups in total. The topological polar surface area (TPSA) is 125 Å². The fraction of sp³-hybridized carbons (Fsp3) is 0.385. The maximum atomic E-state index is 11.0. The minimum atomic E-state index is -0.516. The van der Waals surface area contributed by atoms with Gasteiger partial charge in [0.1, 0.15) is 5.69 Å². The Labute approximate surface area is 141 Å². The lowest BCUT2D eigenvalue weighted by molar-refractivity contribution is -0.386. The van der Waals surface area contributed by atoms with Crippen LogP contribution in [-0.4, -0.2) is 41.5 Å². The second kappa shape index (κ2) is 6.40. The number of ether oxygens (including phenoxy) is 1. The maximum absolute atomic E-state index is 11.0. The molecule has 0 aliphatic heterocycles. The number of fused-ring (bicyclic) bond motifs is 1. The van der Waals surface area contributed by atoms with Crippen LogP contribution in [-0.2, 0) is 6.54 Å². The van der Waals surface area contributed by atoms with E-state index in [4.69, 9.17) is 16.3 Å². The van der Waals surface area contributed by atoms with Crippen molar-refractivity contribution in [2.75, 3.05) is 6.61 Å². The predicted molar refractivity (Wildman–Crippen MR) is 85.2 cm³/mol. The van der Waals surface area contributed by atoms with Crippen molar-refractivity contribution in [2.24, 2.45) is 0 Å². The van der Waals surface area contributed by atoms with Gasteiger partial charge in [-0.3, -0.25) is 15.2 Å². The van der Waals surface area contributed by atoms with E-state index in [1.807, 2.05) is 6.92 Å². The Morgan fingerprint density at radius 1 is 1.46 bits per heavy atom. The number of nitro groups is 1. The van der Waals surface area contributed by atoms with Crippen molar-refractivity contribution in [1.82, 2.24) is 29.9 Å². The van der Waals surface area contributed by atoms with Gasteiger partial charge in [-0.25, -0.2) is 9.67 Å². The molecule has 3 aromatic rings. The van der Waals surface area contributed by atoms with Crippen LogP contribution in [0.4, 0.5) is 5.69 Å². The number of halogens is 1. The fourth-order valence-corrected chi connectivity index (χ4v) is 2.47. The Morgan fingerprint density at radius 3 is 3.00 bits per heavy atom. The van der Waals surface area contributed by atoms with E-state index >= 15 is 0 Å². The number of hydrogen-bond acceptors (Lipinski definition) is 7. The highest BCUT2D eigenvalue weighted by molar-refractivity contribution is 6.28. The van der Waals surface area contributed by atoms with E-state index in [0.717, 1.165) is 11.1 Å². The summed E-state index contributed by atoms with van der Waals surface area (Å²) in [6.07, 6.45) is 2.21. The van der Waals surface area contributed by atoms with Crippen molar-refractivity contribution in [2.45, 2.75) is 26.8 Å². The number of aromatic amines is 1. The van der Waals surface area contributed by atoms with Gasteiger partial charge in [-0.15, -0.1) is 5.10 Å². The van der Waals surface area contributed by atoms with Crippen LogP contribution in [0.5, 0.6) is 5.88 Å². The molecular formula is C13H14ClN7O3. The summed E-state index contributed by atoms with van der Waals surface area (Å²) >= 11 is 5.83. The lowest BCUT2D eigenvalue weighted by Gasteiger charge is -2.04. The Balaban J connectivity index is 1.66. The number of H-pyrrole nitrogens is 1. The van der Waals surface area contributed by atoms with E-state index in [-0.39, 0.29) is 23.5 Å². The molecule has 0 unspecified atom stereocenters. The highest BCUT2D eigenvalue weighted by Gasteiger charge is 2.22. The molecule has 10 nitrogen and oxygen atoms in total. The van der Waals surface area contributed by atoms with Crippen molar-refractivity contribution in [3.8, 4) is 5.88 Å². The van der Waals surface area contributed by atoms with Crippen LogP contribution >= 0.6 is 11.6 Å². The number of aryl methyl sites for hydroxylation is 3. The molecule has 0 spiro atoms. The van der Waals surface area contributed by atoms with E-state index < -0.39 is 4.92 Å². The molecule has 0 saturated carbocycles. The summed E-state index contributed by atoms with van der Waals surface area (Å²) in [6, 6.07) is 0. The zero-order valence-corrected chi connectivity index (χ0v) is 13.7. The van der Waals surface area contributed by atoms with Crippen LogP contribution in [0.1, 0.15) is 17.8 Å². The van der Waals surface area contributed by atoms with E-state index in [2.05, 4.69) is 25.3 Å². The predicted octanol–water partition coefficient (Wildman–Crippen LogP) is 2.20. The van der Waals surface area contributed by atoms with Crippen molar-refractivity contribution >= 4 is 28.3 Å². The molecule has 126 valence electrons. The Morgan fingerprint density at radius 2 is 2.25 bits per heavy atom. The van der Waals surface area contributed by atoms with Gasteiger partial charge in [0.2, 0.25) is 5.28 Å². The second-order valence-corrected chi connectivity index (χ2v) is 5.48. The first-order valence-electron chi connectivity index (χ1n) is 7.15. The molecule has 3 rings (SSSR count). The summed E-state index contributed by atoms with van der Waals surface area (Å²) in [5.41, 5.74) is 1.67. The number of hydrogen-bond donors (Lipinski definition) is 1. The Bertz CT molecular complexity index is 904. The van der Waals surface area contributed by atoms with Gasteiger partial charge in [0.15, 0.2) is 5.65 Å². The highest BCUT2D eigenvalue weighted by Crippen LogP contribution is 2.27. The van der Waals surface area contributed by atoms with Gasteiger partial charge in [0.25, 0.3) is 0 Å². The lowest BCUT2D eigenvalue weighted by atomic mass is 10.3. The highest BCUT2D eigenvalue weighted by atomic mass is 35.5. The van der Waals surface area contributed by atoms with Crippen LogP contribution in [0.15, 0.2) is 6.20 Å². The average Bonchev–Trinajstić information content (AvgIpc) is 3.04. The molecule has 0 amide bonds. The van der Waals surface area contributed by atoms with Crippen molar-refractivity contribution in [1.29, 1.82) is 0 Å². The van der Waals surface area contributed by atoms with Crippen LogP contribution in [0.25, 0.3) is 11.0 Å². The summed E-state index contributed by atoms with van der Waals surface area (Å²) < 4.78 is 7.11. The maximum Gasteiger partial charge on any atom is 0.352 e. The molecule has 0 radical (unpaired) electrons. The first kappa shape index (κ1) is 16.1. The standard InChI is InChI=1S/C13H14ClN7O3/c1-7-9-6-15-13(14)16-11(9)20(19-7)4-3-5-24-12-10(21(22)23)8(2)17-18-12/h6H,3-5H2,1-2H3,(H,17,18). The molecule has 3 aromatic heterocycles. The number of aromatic nitrogens is 6. The summed E-state index contributed by atoms with van der Waals surface area (Å²) in [5.74, 6) is -0.00984. The summed E-state index contributed by atoms with van der Waals surface area (Å²) in [7, 11) is 0. The molecule has 24 heavy (non-hydrogen) atoms.